The van der Waals surface area contributed by atoms with Crippen LogP contribution in [0, 0.1) is 5.92 Å². The van der Waals surface area contributed by atoms with E-state index in [4.69, 9.17) is 9.47 Å². The molecule has 1 aliphatic rings. The second-order valence-electron chi connectivity index (χ2n) is 6.01. The van der Waals surface area contributed by atoms with Gasteiger partial charge in [0.15, 0.2) is 0 Å². The summed E-state index contributed by atoms with van der Waals surface area (Å²) in [4.78, 5) is 0. The van der Waals surface area contributed by atoms with Gasteiger partial charge in [0.05, 0.1) is 12.7 Å². The van der Waals surface area contributed by atoms with E-state index in [1.54, 1.807) is 0 Å². The minimum atomic E-state index is 0.198. The van der Waals surface area contributed by atoms with Crippen molar-refractivity contribution in [3.8, 4) is 5.75 Å². The van der Waals surface area contributed by atoms with Crippen LogP contribution in [-0.4, -0.2) is 25.4 Å². The van der Waals surface area contributed by atoms with E-state index in [2.05, 4.69) is 51.2 Å². The molecule has 0 saturated carbocycles. The molecule has 1 aromatic carbocycles. The Morgan fingerprint density at radius 2 is 1.95 bits per heavy atom. The zero-order valence-corrected chi connectivity index (χ0v) is 13.1. The summed E-state index contributed by atoms with van der Waals surface area (Å²) in [6.07, 6.45) is 1.36. The van der Waals surface area contributed by atoms with Gasteiger partial charge in [-0.3, -0.25) is 0 Å². The molecule has 3 atom stereocenters. The molecule has 3 nitrogen and oxygen atoms in total. The van der Waals surface area contributed by atoms with Crippen molar-refractivity contribution in [2.24, 2.45) is 5.92 Å². The predicted molar refractivity (Wildman–Crippen MR) is 82.1 cm³/mol. The molecule has 0 aliphatic carbocycles. The Morgan fingerprint density at radius 1 is 1.20 bits per heavy atom. The summed E-state index contributed by atoms with van der Waals surface area (Å²) in [5.41, 5.74) is 1.23. The van der Waals surface area contributed by atoms with Crippen molar-refractivity contribution in [1.82, 2.24) is 5.32 Å². The van der Waals surface area contributed by atoms with Crippen molar-refractivity contribution >= 4 is 0 Å². The highest BCUT2D eigenvalue weighted by molar-refractivity contribution is 5.35. The van der Waals surface area contributed by atoms with E-state index in [1.807, 2.05) is 6.07 Å². The van der Waals surface area contributed by atoms with E-state index in [9.17, 15) is 0 Å². The van der Waals surface area contributed by atoms with E-state index >= 15 is 0 Å². The lowest BCUT2D eigenvalue weighted by Crippen LogP contribution is -2.35. The Kier molecular flexibility index (Phi) is 5.44. The second-order valence-corrected chi connectivity index (χ2v) is 6.01. The van der Waals surface area contributed by atoms with Gasteiger partial charge in [0.1, 0.15) is 5.75 Å². The number of ether oxygens (including phenoxy) is 2. The Bertz CT molecular complexity index is 413. The third-order valence-electron chi connectivity index (χ3n) is 3.93. The maximum atomic E-state index is 5.91. The molecule has 1 heterocycles. The molecule has 2 rings (SSSR count). The molecule has 1 N–H and O–H groups in total. The molecule has 1 aliphatic heterocycles. The summed E-state index contributed by atoms with van der Waals surface area (Å²) in [5, 5.41) is 3.69. The molecule has 1 saturated heterocycles. The van der Waals surface area contributed by atoms with Crippen LogP contribution in [-0.2, 0) is 4.74 Å². The summed E-state index contributed by atoms with van der Waals surface area (Å²) in [6.45, 7) is 10.4. The zero-order chi connectivity index (χ0) is 14.5. The summed E-state index contributed by atoms with van der Waals surface area (Å²) >= 11 is 0. The SMILES string of the molecule is CC(C)Oc1ccccc1C(C)NC(C)C1CCOC1. The van der Waals surface area contributed by atoms with Crippen LogP contribution in [0.15, 0.2) is 24.3 Å². The fourth-order valence-corrected chi connectivity index (χ4v) is 2.77. The van der Waals surface area contributed by atoms with Crippen molar-refractivity contribution < 1.29 is 9.47 Å². The first-order valence-corrected chi connectivity index (χ1v) is 7.67. The molecule has 3 heteroatoms. The number of hydrogen-bond acceptors (Lipinski definition) is 3. The van der Waals surface area contributed by atoms with Gasteiger partial charge < -0.3 is 14.8 Å². The molecule has 0 radical (unpaired) electrons. The predicted octanol–water partition coefficient (Wildman–Crippen LogP) is 3.55. The maximum Gasteiger partial charge on any atom is 0.124 e. The van der Waals surface area contributed by atoms with Crippen molar-refractivity contribution in [2.45, 2.75) is 52.3 Å². The molecule has 0 bridgehead atoms. The van der Waals surface area contributed by atoms with Crippen molar-refractivity contribution in [3.63, 3.8) is 0 Å². The van der Waals surface area contributed by atoms with E-state index in [0.717, 1.165) is 25.4 Å². The van der Waals surface area contributed by atoms with Gasteiger partial charge in [-0.15, -0.1) is 0 Å². The van der Waals surface area contributed by atoms with Crippen LogP contribution < -0.4 is 10.1 Å². The van der Waals surface area contributed by atoms with Crippen LogP contribution in [0.3, 0.4) is 0 Å². The standard InChI is InChI=1S/C17H27NO2/c1-12(2)20-17-8-6-5-7-16(17)14(4)18-13(3)15-9-10-19-11-15/h5-8,12-15,18H,9-11H2,1-4H3. The van der Waals surface area contributed by atoms with Crippen LogP contribution in [0.5, 0.6) is 5.75 Å². The monoisotopic (exact) mass is 277 g/mol. The first-order valence-electron chi connectivity index (χ1n) is 7.67. The minimum absolute atomic E-state index is 0.198. The summed E-state index contributed by atoms with van der Waals surface area (Å²) < 4.78 is 11.4. The molecule has 1 fully saturated rings. The molecule has 1 aromatic rings. The van der Waals surface area contributed by atoms with Gasteiger partial charge in [-0.2, -0.15) is 0 Å². The molecule has 0 aromatic heterocycles. The topological polar surface area (TPSA) is 30.5 Å². The van der Waals surface area contributed by atoms with Crippen LogP contribution in [0.25, 0.3) is 0 Å². The lowest BCUT2D eigenvalue weighted by molar-refractivity contribution is 0.176. The van der Waals surface area contributed by atoms with Crippen molar-refractivity contribution in [2.75, 3.05) is 13.2 Å². The van der Waals surface area contributed by atoms with Crippen LogP contribution in [0.1, 0.15) is 45.7 Å². The lowest BCUT2D eigenvalue weighted by Gasteiger charge is -2.26. The summed E-state index contributed by atoms with van der Waals surface area (Å²) in [6, 6.07) is 9.04. The highest BCUT2D eigenvalue weighted by Crippen LogP contribution is 2.27. The number of benzene rings is 1. The van der Waals surface area contributed by atoms with Gasteiger partial charge in [-0.25, -0.2) is 0 Å². The molecule has 112 valence electrons. The number of nitrogens with one attached hydrogen (secondary N) is 1. The highest BCUT2D eigenvalue weighted by Gasteiger charge is 2.24. The summed E-state index contributed by atoms with van der Waals surface area (Å²) in [7, 11) is 0. The third-order valence-corrected chi connectivity index (χ3v) is 3.93. The first kappa shape index (κ1) is 15.3. The fraction of sp³-hybridized carbons (Fsp3) is 0.647. The Balaban J connectivity index is 2.02. The quantitative estimate of drug-likeness (QED) is 0.862. The molecular weight excluding hydrogens is 250 g/mol. The molecule has 3 unspecified atom stereocenters. The van der Waals surface area contributed by atoms with Gasteiger partial charge in [-0.05, 0) is 46.1 Å². The molecule has 0 spiro atoms. The fourth-order valence-electron chi connectivity index (χ4n) is 2.77. The van der Waals surface area contributed by atoms with E-state index in [-0.39, 0.29) is 12.1 Å². The van der Waals surface area contributed by atoms with Crippen LogP contribution in [0.2, 0.25) is 0 Å². The third kappa shape index (κ3) is 3.97. The molecular formula is C17H27NO2. The Morgan fingerprint density at radius 3 is 2.60 bits per heavy atom. The van der Waals surface area contributed by atoms with Gasteiger partial charge in [-0.1, -0.05) is 18.2 Å². The molecule has 20 heavy (non-hydrogen) atoms. The summed E-state index contributed by atoms with van der Waals surface area (Å²) in [5.74, 6) is 1.60. The van der Waals surface area contributed by atoms with Gasteiger partial charge in [0, 0.05) is 24.3 Å². The van der Waals surface area contributed by atoms with E-state index in [1.165, 1.54) is 5.56 Å². The van der Waals surface area contributed by atoms with Crippen molar-refractivity contribution in [3.05, 3.63) is 29.8 Å². The smallest absolute Gasteiger partial charge is 0.124 e. The average molecular weight is 277 g/mol. The van der Waals surface area contributed by atoms with Gasteiger partial charge in [0.2, 0.25) is 0 Å². The normalized spacial score (nSPS) is 21.9. The lowest BCUT2D eigenvalue weighted by atomic mass is 9.98. The number of rotatable bonds is 6. The van der Waals surface area contributed by atoms with Gasteiger partial charge in [0.25, 0.3) is 0 Å². The largest absolute Gasteiger partial charge is 0.491 e. The minimum Gasteiger partial charge on any atom is -0.491 e. The Hall–Kier alpha value is -1.06. The van der Waals surface area contributed by atoms with Crippen LogP contribution in [0.4, 0.5) is 0 Å². The van der Waals surface area contributed by atoms with Gasteiger partial charge >= 0.3 is 0 Å². The average Bonchev–Trinajstić information content (AvgIpc) is 2.92. The first-order chi connectivity index (χ1) is 9.58. The Labute approximate surface area is 122 Å². The maximum absolute atomic E-state index is 5.91. The van der Waals surface area contributed by atoms with E-state index < -0.39 is 0 Å². The zero-order valence-electron chi connectivity index (χ0n) is 13.1. The number of hydrogen-bond donors (Lipinski definition) is 1. The second kappa shape index (κ2) is 7.09. The van der Waals surface area contributed by atoms with E-state index in [0.29, 0.717) is 12.0 Å². The number of para-hydroxylation sites is 1. The van der Waals surface area contributed by atoms with Crippen molar-refractivity contribution in [1.29, 1.82) is 0 Å². The highest BCUT2D eigenvalue weighted by atomic mass is 16.5. The molecule has 0 amide bonds. The van der Waals surface area contributed by atoms with Crippen LogP contribution >= 0.6 is 0 Å².